The summed E-state index contributed by atoms with van der Waals surface area (Å²) in [6.07, 6.45) is 1.43. The molecule has 0 bridgehead atoms. The summed E-state index contributed by atoms with van der Waals surface area (Å²) >= 11 is 0. The van der Waals surface area contributed by atoms with E-state index in [-0.39, 0.29) is 49.2 Å². The summed E-state index contributed by atoms with van der Waals surface area (Å²) in [6.45, 7) is 0.157. The molecular formula is C21H23FN4O5. The minimum absolute atomic E-state index is 0.0648. The molecule has 0 spiro atoms. The quantitative estimate of drug-likeness (QED) is 0.328. The van der Waals surface area contributed by atoms with Crippen molar-refractivity contribution in [3.63, 3.8) is 0 Å². The van der Waals surface area contributed by atoms with Crippen molar-refractivity contribution in [2.75, 3.05) is 26.8 Å². The number of amides is 3. The van der Waals surface area contributed by atoms with Gasteiger partial charge in [0.2, 0.25) is 5.91 Å². The van der Waals surface area contributed by atoms with Gasteiger partial charge in [0, 0.05) is 30.6 Å². The highest BCUT2D eigenvalue weighted by Gasteiger charge is 2.09. The Labute approximate surface area is 178 Å². The fourth-order valence-electron chi connectivity index (χ4n) is 2.43. The van der Waals surface area contributed by atoms with Crippen LogP contribution in [0.3, 0.4) is 0 Å². The number of nitrogens with zero attached hydrogens (tertiary/aromatic N) is 1. The van der Waals surface area contributed by atoms with E-state index in [1.165, 1.54) is 55.8 Å². The van der Waals surface area contributed by atoms with Gasteiger partial charge in [-0.2, -0.15) is 5.10 Å². The number of carbonyl (C=O) groups excluding carboxylic acids is 3. The van der Waals surface area contributed by atoms with Gasteiger partial charge in [0.05, 0.1) is 19.9 Å². The number of carbonyl (C=O) groups is 3. The second kappa shape index (κ2) is 12.0. The molecule has 0 aliphatic carbocycles. The molecule has 2 aromatic rings. The Kier molecular flexibility index (Phi) is 9.12. The predicted molar refractivity (Wildman–Crippen MR) is 111 cm³/mol. The first-order chi connectivity index (χ1) is 14.9. The van der Waals surface area contributed by atoms with Crippen LogP contribution in [0, 0.1) is 5.82 Å². The number of benzene rings is 2. The number of aliphatic hydroxyl groups excluding tert-OH is 1. The normalized spacial score (nSPS) is 10.5. The SMILES string of the molecule is COc1cc(/C=N/NC(=O)c2ccc(C(=O)NCCC(=O)NCCO)cc2)ccc1F. The Morgan fingerprint density at radius 1 is 1.03 bits per heavy atom. The lowest BCUT2D eigenvalue weighted by atomic mass is 10.1. The molecule has 164 valence electrons. The Morgan fingerprint density at radius 2 is 1.71 bits per heavy atom. The zero-order valence-corrected chi connectivity index (χ0v) is 16.9. The maximum absolute atomic E-state index is 13.4. The molecule has 31 heavy (non-hydrogen) atoms. The first-order valence-corrected chi connectivity index (χ1v) is 9.37. The summed E-state index contributed by atoms with van der Waals surface area (Å²) in [5.74, 6) is -1.59. The van der Waals surface area contributed by atoms with Gasteiger partial charge in [-0.3, -0.25) is 14.4 Å². The summed E-state index contributed by atoms with van der Waals surface area (Å²) in [6, 6.07) is 10.0. The lowest BCUT2D eigenvalue weighted by Crippen LogP contribution is -2.32. The van der Waals surface area contributed by atoms with E-state index in [0.717, 1.165) is 0 Å². The zero-order valence-electron chi connectivity index (χ0n) is 16.9. The topological polar surface area (TPSA) is 129 Å². The molecule has 0 aliphatic rings. The molecule has 0 unspecified atom stereocenters. The van der Waals surface area contributed by atoms with Crippen LogP contribution in [0.25, 0.3) is 0 Å². The summed E-state index contributed by atoms with van der Waals surface area (Å²) < 4.78 is 18.3. The van der Waals surface area contributed by atoms with E-state index in [9.17, 15) is 18.8 Å². The third-order valence-electron chi connectivity index (χ3n) is 4.04. The molecule has 0 saturated heterocycles. The van der Waals surface area contributed by atoms with Crippen LogP contribution in [0.1, 0.15) is 32.7 Å². The maximum Gasteiger partial charge on any atom is 0.271 e. The highest BCUT2D eigenvalue weighted by atomic mass is 19.1. The summed E-state index contributed by atoms with van der Waals surface area (Å²) in [5, 5.41) is 17.5. The van der Waals surface area contributed by atoms with Crippen LogP contribution in [-0.4, -0.2) is 55.8 Å². The Morgan fingerprint density at radius 3 is 2.35 bits per heavy atom. The van der Waals surface area contributed by atoms with Crippen molar-refractivity contribution in [3.8, 4) is 5.75 Å². The smallest absolute Gasteiger partial charge is 0.271 e. The number of nitrogens with one attached hydrogen (secondary N) is 3. The first kappa shape index (κ1) is 23.5. The number of halogens is 1. The van der Waals surface area contributed by atoms with Crippen LogP contribution in [-0.2, 0) is 4.79 Å². The minimum atomic E-state index is -0.502. The average Bonchev–Trinajstić information content (AvgIpc) is 2.78. The van der Waals surface area contributed by atoms with Crippen molar-refractivity contribution in [2.24, 2.45) is 5.10 Å². The number of hydrogen-bond donors (Lipinski definition) is 4. The van der Waals surface area contributed by atoms with Crippen molar-refractivity contribution in [1.82, 2.24) is 16.1 Å². The number of ether oxygens (including phenoxy) is 1. The van der Waals surface area contributed by atoms with Crippen molar-refractivity contribution in [1.29, 1.82) is 0 Å². The van der Waals surface area contributed by atoms with Gasteiger partial charge in [-0.25, -0.2) is 9.82 Å². The van der Waals surface area contributed by atoms with E-state index >= 15 is 0 Å². The van der Waals surface area contributed by atoms with Gasteiger partial charge in [0.25, 0.3) is 11.8 Å². The lowest BCUT2D eigenvalue weighted by Gasteiger charge is -2.06. The van der Waals surface area contributed by atoms with Crippen molar-refractivity contribution >= 4 is 23.9 Å². The van der Waals surface area contributed by atoms with E-state index in [2.05, 4.69) is 21.2 Å². The van der Waals surface area contributed by atoms with Gasteiger partial charge in [-0.05, 0) is 42.0 Å². The highest BCUT2D eigenvalue weighted by Crippen LogP contribution is 2.17. The van der Waals surface area contributed by atoms with Crippen LogP contribution in [0.4, 0.5) is 4.39 Å². The molecule has 9 nitrogen and oxygen atoms in total. The second-order valence-corrected chi connectivity index (χ2v) is 6.25. The van der Waals surface area contributed by atoms with E-state index in [0.29, 0.717) is 11.1 Å². The average molecular weight is 430 g/mol. The van der Waals surface area contributed by atoms with Gasteiger partial charge in [-0.1, -0.05) is 6.07 Å². The molecule has 0 aliphatic heterocycles. The molecule has 3 amide bonds. The van der Waals surface area contributed by atoms with Gasteiger partial charge >= 0.3 is 0 Å². The fourth-order valence-corrected chi connectivity index (χ4v) is 2.43. The van der Waals surface area contributed by atoms with E-state index in [1.807, 2.05) is 0 Å². The lowest BCUT2D eigenvalue weighted by molar-refractivity contribution is -0.121. The van der Waals surface area contributed by atoms with E-state index < -0.39 is 11.7 Å². The van der Waals surface area contributed by atoms with Crippen molar-refractivity contribution < 1.29 is 28.6 Å². The molecule has 2 aromatic carbocycles. The van der Waals surface area contributed by atoms with Crippen molar-refractivity contribution in [3.05, 3.63) is 65.0 Å². The summed E-state index contributed by atoms with van der Waals surface area (Å²) in [4.78, 5) is 35.6. The van der Waals surface area contributed by atoms with Gasteiger partial charge in [0.15, 0.2) is 11.6 Å². The fraction of sp³-hybridized carbons (Fsp3) is 0.238. The third kappa shape index (κ3) is 7.52. The molecule has 0 saturated carbocycles. The van der Waals surface area contributed by atoms with E-state index in [4.69, 9.17) is 9.84 Å². The number of hydrazone groups is 1. The van der Waals surface area contributed by atoms with Gasteiger partial charge in [0.1, 0.15) is 0 Å². The number of hydrogen-bond acceptors (Lipinski definition) is 6. The monoisotopic (exact) mass is 430 g/mol. The predicted octanol–water partition coefficient (Wildman–Crippen LogP) is 0.827. The van der Waals surface area contributed by atoms with Crippen LogP contribution >= 0.6 is 0 Å². The molecule has 2 rings (SSSR count). The second-order valence-electron chi connectivity index (χ2n) is 6.25. The molecular weight excluding hydrogens is 407 g/mol. The molecule has 0 atom stereocenters. The molecule has 0 aromatic heterocycles. The van der Waals surface area contributed by atoms with Gasteiger partial charge in [-0.15, -0.1) is 0 Å². The van der Waals surface area contributed by atoms with Crippen LogP contribution < -0.4 is 20.8 Å². The molecule has 4 N–H and O–H groups in total. The Bertz CT molecular complexity index is 947. The zero-order chi connectivity index (χ0) is 22.6. The number of aliphatic hydroxyl groups is 1. The molecule has 0 radical (unpaired) electrons. The standard InChI is InChI=1S/C21H23FN4O5/c1-31-18-12-14(2-7-17(18)22)13-25-26-21(30)16-5-3-15(4-6-16)20(29)24-9-8-19(28)23-10-11-27/h2-7,12-13,27H,8-11H2,1H3,(H,23,28)(H,24,29)(H,26,30)/b25-13+. The van der Waals surface area contributed by atoms with Gasteiger partial charge < -0.3 is 20.5 Å². The minimum Gasteiger partial charge on any atom is -0.494 e. The number of methoxy groups -OCH3 is 1. The van der Waals surface area contributed by atoms with Crippen molar-refractivity contribution in [2.45, 2.75) is 6.42 Å². The first-order valence-electron chi connectivity index (χ1n) is 9.37. The maximum atomic E-state index is 13.4. The Hall–Kier alpha value is -3.79. The molecule has 0 fully saturated rings. The Balaban J connectivity index is 1.84. The third-order valence-corrected chi connectivity index (χ3v) is 4.04. The highest BCUT2D eigenvalue weighted by molar-refractivity contribution is 5.98. The summed E-state index contributed by atoms with van der Waals surface area (Å²) in [5.41, 5.74) is 3.50. The summed E-state index contributed by atoms with van der Waals surface area (Å²) in [7, 11) is 1.35. The van der Waals surface area contributed by atoms with Crippen LogP contribution in [0.5, 0.6) is 5.75 Å². The number of rotatable bonds is 10. The molecule has 0 heterocycles. The molecule has 10 heteroatoms. The van der Waals surface area contributed by atoms with Crippen LogP contribution in [0.15, 0.2) is 47.6 Å². The largest absolute Gasteiger partial charge is 0.494 e. The van der Waals surface area contributed by atoms with Crippen LogP contribution in [0.2, 0.25) is 0 Å². The van der Waals surface area contributed by atoms with E-state index in [1.54, 1.807) is 0 Å².